The molecular weight excluding hydrogens is 252 g/mol. The van der Waals surface area contributed by atoms with Crippen molar-refractivity contribution in [2.24, 2.45) is 0 Å². The van der Waals surface area contributed by atoms with Crippen molar-refractivity contribution in [2.45, 2.75) is 13.2 Å². The molecule has 0 aliphatic rings. The summed E-state index contributed by atoms with van der Waals surface area (Å²) in [6, 6.07) is 15.5. The lowest BCUT2D eigenvalue weighted by Gasteiger charge is -2.06. The largest absolute Gasteiger partial charge is 0.458 e. The fourth-order valence-corrected chi connectivity index (χ4v) is 2.10. The van der Waals surface area contributed by atoms with Gasteiger partial charge in [-0.2, -0.15) is 0 Å². The zero-order valence-electron chi connectivity index (χ0n) is 10.9. The number of esters is 1. The SMILES string of the molecule is O=C(Cn1ccc2ccccc21)OCc1ccccn1. The van der Waals surface area contributed by atoms with Crippen molar-refractivity contribution in [2.75, 3.05) is 0 Å². The van der Waals surface area contributed by atoms with Crippen LogP contribution in [0, 0.1) is 0 Å². The van der Waals surface area contributed by atoms with Gasteiger partial charge in [0, 0.05) is 17.9 Å². The molecule has 0 aliphatic carbocycles. The molecule has 4 nitrogen and oxygen atoms in total. The predicted molar refractivity (Wildman–Crippen MR) is 76.0 cm³/mol. The molecule has 0 fully saturated rings. The highest BCUT2D eigenvalue weighted by molar-refractivity contribution is 5.81. The summed E-state index contributed by atoms with van der Waals surface area (Å²) in [5.74, 6) is -0.267. The van der Waals surface area contributed by atoms with E-state index in [9.17, 15) is 4.79 Å². The molecule has 0 unspecified atom stereocenters. The first-order valence-corrected chi connectivity index (χ1v) is 6.42. The minimum atomic E-state index is -0.267. The summed E-state index contributed by atoms with van der Waals surface area (Å²) in [4.78, 5) is 16.0. The molecule has 1 aromatic carbocycles. The zero-order valence-corrected chi connectivity index (χ0v) is 10.9. The van der Waals surface area contributed by atoms with Gasteiger partial charge in [-0.05, 0) is 29.7 Å². The molecule has 0 saturated carbocycles. The van der Waals surface area contributed by atoms with Gasteiger partial charge in [0.2, 0.25) is 0 Å². The Kier molecular flexibility index (Phi) is 3.46. The number of aromatic nitrogens is 2. The molecule has 0 radical (unpaired) electrons. The number of nitrogens with zero attached hydrogens (tertiary/aromatic N) is 2. The maximum absolute atomic E-state index is 11.9. The number of ether oxygens (including phenoxy) is 1. The highest BCUT2D eigenvalue weighted by Crippen LogP contribution is 2.15. The van der Waals surface area contributed by atoms with Crippen LogP contribution < -0.4 is 0 Å². The monoisotopic (exact) mass is 266 g/mol. The maximum Gasteiger partial charge on any atom is 0.326 e. The summed E-state index contributed by atoms with van der Waals surface area (Å²) in [5.41, 5.74) is 1.78. The van der Waals surface area contributed by atoms with E-state index in [0.29, 0.717) is 0 Å². The second-order valence-corrected chi connectivity index (χ2v) is 4.48. The summed E-state index contributed by atoms with van der Waals surface area (Å²) in [6.45, 7) is 0.416. The average molecular weight is 266 g/mol. The third-order valence-corrected chi connectivity index (χ3v) is 3.09. The van der Waals surface area contributed by atoms with E-state index >= 15 is 0 Å². The summed E-state index contributed by atoms with van der Waals surface area (Å²) in [5, 5.41) is 1.12. The molecule has 0 amide bonds. The van der Waals surface area contributed by atoms with E-state index < -0.39 is 0 Å². The van der Waals surface area contributed by atoms with E-state index in [1.165, 1.54) is 0 Å². The molecule has 4 heteroatoms. The molecule has 0 bridgehead atoms. The number of pyridine rings is 1. The fraction of sp³-hybridized carbons (Fsp3) is 0.125. The van der Waals surface area contributed by atoms with Crippen LogP contribution in [-0.2, 0) is 22.7 Å². The Hall–Kier alpha value is -2.62. The van der Waals surface area contributed by atoms with Gasteiger partial charge in [-0.1, -0.05) is 24.3 Å². The van der Waals surface area contributed by atoms with Crippen LogP contribution in [0.5, 0.6) is 0 Å². The molecule has 0 atom stereocenters. The number of carbonyl (C=O) groups excluding carboxylic acids is 1. The number of para-hydroxylation sites is 1. The van der Waals surface area contributed by atoms with Crippen LogP contribution in [0.25, 0.3) is 10.9 Å². The number of benzene rings is 1. The molecule has 0 aliphatic heterocycles. The lowest BCUT2D eigenvalue weighted by molar-refractivity contribution is -0.145. The molecule has 0 N–H and O–H groups in total. The van der Waals surface area contributed by atoms with Crippen LogP contribution in [0.4, 0.5) is 0 Å². The van der Waals surface area contributed by atoms with Crippen molar-refractivity contribution < 1.29 is 9.53 Å². The van der Waals surface area contributed by atoms with E-state index in [0.717, 1.165) is 16.6 Å². The number of rotatable bonds is 4. The molecule has 20 heavy (non-hydrogen) atoms. The lowest BCUT2D eigenvalue weighted by Crippen LogP contribution is -2.13. The van der Waals surface area contributed by atoms with Gasteiger partial charge in [-0.25, -0.2) is 0 Å². The Morgan fingerprint density at radius 3 is 2.80 bits per heavy atom. The van der Waals surface area contributed by atoms with Gasteiger partial charge in [0.25, 0.3) is 0 Å². The summed E-state index contributed by atoms with van der Waals surface area (Å²) >= 11 is 0. The van der Waals surface area contributed by atoms with Crippen LogP contribution in [0.15, 0.2) is 60.9 Å². The van der Waals surface area contributed by atoms with Crippen LogP contribution in [0.3, 0.4) is 0 Å². The van der Waals surface area contributed by atoms with Crippen molar-refractivity contribution >= 4 is 16.9 Å². The van der Waals surface area contributed by atoms with Crippen LogP contribution >= 0.6 is 0 Å². The van der Waals surface area contributed by atoms with Crippen LogP contribution in [0.1, 0.15) is 5.69 Å². The molecule has 0 saturated heterocycles. The van der Waals surface area contributed by atoms with Crippen LogP contribution in [-0.4, -0.2) is 15.5 Å². The van der Waals surface area contributed by atoms with Gasteiger partial charge < -0.3 is 9.30 Å². The van der Waals surface area contributed by atoms with Crippen molar-refractivity contribution in [3.05, 3.63) is 66.6 Å². The number of fused-ring (bicyclic) bond motifs is 1. The minimum absolute atomic E-state index is 0.207. The third kappa shape index (κ3) is 2.69. The van der Waals surface area contributed by atoms with Crippen molar-refractivity contribution in [3.63, 3.8) is 0 Å². The fourth-order valence-electron chi connectivity index (χ4n) is 2.10. The highest BCUT2D eigenvalue weighted by atomic mass is 16.5. The van der Waals surface area contributed by atoms with E-state index in [1.807, 2.05) is 59.3 Å². The molecule has 0 spiro atoms. The second-order valence-electron chi connectivity index (χ2n) is 4.48. The molecule has 3 aromatic rings. The Morgan fingerprint density at radius 1 is 1.10 bits per heavy atom. The first-order chi connectivity index (χ1) is 9.83. The summed E-state index contributed by atoms with van der Waals surface area (Å²) in [6.07, 6.45) is 3.58. The molecule has 2 heterocycles. The van der Waals surface area contributed by atoms with Crippen molar-refractivity contribution in [3.8, 4) is 0 Å². The first kappa shape index (κ1) is 12.4. The quantitative estimate of drug-likeness (QED) is 0.682. The van der Waals surface area contributed by atoms with Gasteiger partial charge >= 0.3 is 5.97 Å². The van der Waals surface area contributed by atoms with E-state index in [2.05, 4.69) is 4.98 Å². The smallest absolute Gasteiger partial charge is 0.326 e. The van der Waals surface area contributed by atoms with E-state index in [-0.39, 0.29) is 19.1 Å². The van der Waals surface area contributed by atoms with Crippen molar-refractivity contribution in [1.29, 1.82) is 0 Å². The Morgan fingerprint density at radius 2 is 1.95 bits per heavy atom. The molecular formula is C16H14N2O2. The van der Waals surface area contributed by atoms with Crippen LogP contribution in [0.2, 0.25) is 0 Å². The minimum Gasteiger partial charge on any atom is -0.458 e. The van der Waals surface area contributed by atoms with Gasteiger partial charge in [-0.3, -0.25) is 9.78 Å². The number of carbonyl (C=O) groups is 1. The lowest BCUT2D eigenvalue weighted by atomic mass is 10.2. The topological polar surface area (TPSA) is 44.1 Å². The number of hydrogen-bond donors (Lipinski definition) is 0. The molecule has 2 aromatic heterocycles. The normalized spacial score (nSPS) is 10.6. The standard InChI is InChI=1S/C16H14N2O2/c19-16(20-12-14-6-3-4-9-17-14)11-18-10-8-13-5-1-2-7-15(13)18/h1-10H,11-12H2. The van der Waals surface area contributed by atoms with E-state index in [1.54, 1.807) is 6.20 Å². The van der Waals surface area contributed by atoms with Gasteiger partial charge in [0.05, 0.1) is 5.69 Å². The predicted octanol–water partition coefficient (Wildman–Crippen LogP) is 2.78. The first-order valence-electron chi connectivity index (χ1n) is 6.42. The molecule has 3 rings (SSSR count). The summed E-state index contributed by atoms with van der Waals surface area (Å²) < 4.78 is 7.11. The highest BCUT2D eigenvalue weighted by Gasteiger charge is 2.07. The average Bonchev–Trinajstić information content (AvgIpc) is 2.90. The maximum atomic E-state index is 11.9. The third-order valence-electron chi connectivity index (χ3n) is 3.09. The summed E-state index contributed by atoms with van der Waals surface area (Å²) in [7, 11) is 0. The zero-order chi connectivity index (χ0) is 13.8. The Labute approximate surface area is 116 Å². The van der Waals surface area contributed by atoms with E-state index in [4.69, 9.17) is 4.74 Å². The Bertz CT molecular complexity index is 719. The van der Waals surface area contributed by atoms with Gasteiger partial charge in [-0.15, -0.1) is 0 Å². The Balaban J connectivity index is 1.64. The van der Waals surface area contributed by atoms with Gasteiger partial charge in [0.1, 0.15) is 13.2 Å². The molecule has 100 valence electrons. The van der Waals surface area contributed by atoms with Gasteiger partial charge in [0.15, 0.2) is 0 Å². The number of hydrogen-bond acceptors (Lipinski definition) is 3. The van der Waals surface area contributed by atoms with Crippen molar-refractivity contribution in [1.82, 2.24) is 9.55 Å². The second kappa shape index (κ2) is 5.57.